The molecule has 2 amide bonds. The number of amides is 2. The molecule has 1 aliphatic heterocycles. The van der Waals surface area contributed by atoms with E-state index >= 15 is 0 Å². The summed E-state index contributed by atoms with van der Waals surface area (Å²) in [5.74, 6) is -2.66. The van der Waals surface area contributed by atoms with E-state index in [4.69, 9.17) is 21.3 Å². The van der Waals surface area contributed by atoms with Gasteiger partial charge in [0.15, 0.2) is 0 Å². The summed E-state index contributed by atoms with van der Waals surface area (Å²) >= 11 is 0. The van der Waals surface area contributed by atoms with Crippen LogP contribution in [0.3, 0.4) is 0 Å². The van der Waals surface area contributed by atoms with Crippen LogP contribution in [0, 0.1) is 0 Å². The first kappa shape index (κ1) is 14.4. The minimum absolute atomic E-state index is 0.180. The first-order valence-corrected chi connectivity index (χ1v) is 5.61. The van der Waals surface area contributed by atoms with Crippen LogP contribution in [0.2, 0.25) is 0 Å². The molecule has 0 radical (unpaired) electrons. The molecular formula is C10H17N3O5. The van der Waals surface area contributed by atoms with Crippen molar-refractivity contribution in [2.24, 2.45) is 11.5 Å². The Kier molecular flexibility index (Phi) is 5.05. The summed E-state index contributed by atoms with van der Waals surface area (Å²) < 4.78 is 5.31. The molecular weight excluding hydrogens is 242 g/mol. The molecule has 6 N–H and O–H groups in total. The van der Waals surface area contributed by atoms with E-state index in [1.165, 1.54) is 0 Å². The molecule has 1 rings (SSSR count). The predicted molar refractivity (Wildman–Crippen MR) is 60.3 cm³/mol. The maximum absolute atomic E-state index is 11.7. The third kappa shape index (κ3) is 3.97. The number of carbonyl (C=O) groups excluding carboxylic acids is 2. The number of rotatable bonds is 6. The highest BCUT2D eigenvalue weighted by atomic mass is 16.5. The van der Waals surface area contributed by atoms with Gasteiger partial charge in [-0.1, -0.05) is 0 Å². The number of ether oxygens (including phenoxy) is 1. The molecule has 2 unspecified atom stereocenters. The molecule has 1 aliphatic rings. The third-order valence-corrected chi connectivity index (χ3v) is 2.68. The zero-order valence-corrected chi connectivity index (χ0v) is 9.80. The van der Waals surface area contributed by atoms with Crippen molar-refractivity contribution in [3.63, 3.8) is 0 Å². The summed E-state index contributed by atoms with van der Waals surface area (Å²) in [7, 11) is 0. The molecule has 0 spiro atoms. The van der Waals surface area contributed by atoms with Crippen LogP contribution in [0.1, 0.15) is 19.3 Å². The fourth-order valence-corrected chi connectivity index (χ4v) is 1.74. The second-order valence-electron chi connectivity index (χ2n) is 4.13. The molecule has 18 heavy (non-hydrogen) atoms. The summed E-state index contributed by atoms with van der Waals surface area (Å²) in [5.41, 5.74) is 10.3. The van der Waals surface area contributed by atoms with E-state index in [1.54, 1.807) is 0 Å². The molecule has 3 atom stereocenters. The largest absolute Gasteiger partial charge is 0.480 e. The van der Waals surface area contributed by atoms with Gasteiger partial charge in [0.2, 0.25) is 11.8 Å². The minimum atomic E-state index is -1.32. The average Bonchev–Trinajstić information content (AvgIpc) is 2.75. The Labute approximate surface area is 104 Å². The van der Waals surface area contributed by atoms with Crippen molar-refractivity contribution in [1.29, 1.82) is 0 Å². The van der Waals surface area contributed by atoms with Gasteiger partial charge in [0.25, 0.3) is 0 Å². The van der Waals surface area contributed by atoms with Gasteiger partial charge < -0.3 is 26.6 Å². The summed E-state index contributed by atoms with van der Waals surface area (Å²) in [6.45, 7) is 0.313. The first-order valence-electron chi connectivity index (χ1n) is 5.61. The van der Waals surface area contributed by atoms with E-state index in [0.29, 0.717) is 19.4 Å². The van der Waals surface area contributed by atoms with Crippen LogP contribution in [0.25, 0.3) is 0 Å². The van der Waals surface area contributed by atoms with E-state index in [2.05, 4.69) is 5.32 Å². The fraction of sp³-hybridized carbons (Fsp3) is 0.700. The van der Waals surface area contributed by atoms with Gasteiger partial charge in [0, 0.05) is 6.54 Å². The van der Waals surface area contributed by atoms with Crippen molar-refractivity contribution in [3.05, 3.63) is 0 Å². The van der Waals surface area contributed by atoms with E-state index in [0.717, 1.165) is 0 Å². The van der Waals surface area contributed by atoms with Gasteiger partial charge >= 0.3 is 5.97 Å². The number of hydrogen-bond acceptors (Lipinski definition) is 5. The van der Waals surface area contributed by atoms with Gasteiger partial charge in [-0.05, 0) is 12.8 Å². The lowest BCUT2D eigenvalue weighted by Gasteiger charge is -2.16. The zero-order chi connectivity index (χ0) is 13.7. The molecule has 1 fully saturated rings. The van der Waals surface area contributed by atoms with Crippen LogP contribution in [-0.4, -0.2) is 47.7 Å². The summed E-state index contributed by atoms with van der Waals surface area (Å²) in [6, 6.07) is -1.32. The molecule has 0 aliphatic carbocycles. The molecule has 0 aromatic carbocycles. The van der Waals surface area contributed by atoms with Crippen LogP contribution in [0.15, 0.2) is 0 Å². The van der Waals surface area contributed by atoms with Crippen LogP contribution in [0.5, 0.6) is 0 Å². The summed E-state index contributed by atoms with van der Waals surface area (Å²) in [4.78, 5) is 33.2. The van der Waals surface area contributed by atoms with Crippen molar-refractivity contribution in [2.75, 3.05) is 6.54 Å². The van der Waals surface area contributed by atoms with E-state index in [1.807, 2.05) is 0 Å². The average molecular weight is 259 g/mol. The van der Waals surface area contributed by atoms with E-state index in [-0.39, 0.29) is 6.10 Å². The number of aliphatic carboxylic acids is 1. The molecule has 1 heterocycles. The monoisotopic (exact) mass is 259 g/mol. The normalized spacial score (nSPS) is 24.5. The molecule has 102 valence electrons. The predicted octanol–water partition coefficient (Wildman–Crippen LogP) is -2.06. The third-order valence-electron chi connectivity index (χ3n) is 2.68. The summed E-state index contributed by atoms with van der Waals surface area (Å²) in [6.07, 6.45) is -0.208. The lowest BCUT2D eigenvalue weighted by molar-refractivity contribution is -0.145. The second-order valence-corrected chi connectivity index (χ2v) is 4.13. The number of carboxylic acids is 1. The minimum Gasteiger partial charge on any atom is -0.480 e. The molecule has 0 aromatic rings. The second kappa shape index (κ2) is 6.31. The lowest BCUT2D eigenvalue weighted by Crippen LogP contribution is -2.47. The Balaban J connectivity index is 2.51. The number of carbonyl (C=O) groups is 3. The molecule has 8 heteroatoms. The van der Waals surface area contributed by atoms with Gasteiger partial charge in [0.05, 0.1) is 12.5 Å². The quantitative estimate of drug-likeness (QED) is 0.431. The van der Waals surface area contributed by atoms with E-state index < -0.39 is 36.4 Å². The number of primary amides is 1. The maximum Gasteiger partial charge on any atom is 0.326 e. The van der Waals surface area contributed by atoms with Crippen molar-refractivity contribution in [3.8, 4) is 0 Å². The molecule has 8 nitrogen and oxygen atoms in total. The number of carboxylic acid groups (broad SMARTS) is 1. The van der Waals surface area contributed by atoms with Crippen LogP contribution in [0.4, 0.5) is 0 Å². The van der Waals surface area contributed by atoms with Crippen molar-refractivity contribution in [2.45, 2.75) is 37.5 Å². The summed E-state index contributed by atoms with van der Waals surface area (Å²) in [5, 5.41) is 11.1. The Morgan fingerprint density at radius 3 is 2.50 bits per heavy atom. The molecule has 0 bridgehead atoms. The Hall–Kier alpha value is -1.67. The van der Waals surface area contributed by atoms with Gasteiger partial charge in [-0.2, -0.15) is 0 Å². The van der Waals surface area contributed by atoms with Gasteiger partial charge in [0.1, 0.15) is 12.1 Å². The van der Waals surface area contributed by atoms with Gasteiger partial charge in [-0.3, -0.25) is 9.59 Å². The lowest BCUT2D eigenvalue weighted by atomic mass is 10.1. The highest BCUT2D eigenvalue weighted by Gasteiger charge is 2.32. The Bertz CT molecular complexity index is 346. The highest BCUT2D eigenvalue weighted by Crippen LogP contribution is 2.19. The standard InChI is InChI=1S/C10H17N3O5/c11-4-5-1-2-7(18-5)9(15)13-6(10(16)17)3-8(12)14/h5-7H,1-4,11H2,(H2,12,14)(H,13,15)(H,16,17)/t5?,6-,7?/m1/s1. The first-order chi connectivity index (χ1) is 8.43. The fourth-order valence-electron chi connectivity index (χ4n) is 1.74. The number of nitrogens with two attached hydrogens (primary N) is 2. The number of hydrogen-bond donors (Lipinski definition) is 4. The molecule has 0 saturated carbocycles. The van der Waals surface area contributed by atoms with Crippen molar-refractivity contribution >= 4 is 17.8 Å². The van der Waals surface area contributed by atoms with Crippen LogP contribution in [-0.2, 0) is 19.1 Å². The van der Waals surface area contributed by atoms with Gasteiger partial charge in [-0.25, -0.2) is 4.79 Å². The molecule has 0 aromatic heterocycles. The van der Waals surface area contributed by atoms with Crippen LogP contribution < -0.4 is 16.8 Å². The highest BCUT2D eigenvalue weighted by molar-refractivity contribution is 5.89. The van der Waals surface area contributed by atoms with Crippen molar-refractivity contribution < 1.29 is 24.2 Å². The van der Waals surface area contributed by atoms with Crippen molar-refractivity contribution in [1.82, 2.24) is 5.32 Å². The van der Waals surface area contributed by atoms with Gasteiger partial charge in [-0.15, -0.1) is 0 Å². The maximum atomic E-state index is 11.7. The number of nitrogens with one attached hydrogen (secondary N) is 1. The Morgan fingerprint density at radius 2 is 2.06 bits per heavy atom. The van der Waals surface area contributed by atoms with Crippen LogP contribution >= 0.6 is 0 Å². The molecule has 1 saturated heterocycles. The Morgan fingerprint density at radius 1 is 1.39 bits per heavy atom. The van der Waals surface area contributed by atoms with E-state index in [9.17, 15) is 14.4 Å². The topological polar surface area (TPSA) is 145 Å². The SMILES string of the molecule is NCC1CCC(C(=O)N[C@H](CC(N)=O)C(=O)O)O1. The smallest absolute Gasteiger partial charge is 0.326 e. The zero-order valence-electron chi connectivity index (χ0n) is 9.80.